The number of benzene rings is 1. The zero-order valence-corrected chi connectivity index (χ0v) is 18.1. The van der Waals surface area contributed by atoms with E-state index in [0.29, 0.717) is 18.9 Å². The van der Waals surface area contributed by atoms with Crippen LogP contribution in [0.5, 0.6) is 0 Å². The van der Waals surface area contributed by atoms with Crippen molar-refractivity contribution in [1.82, 2.24) is 10.3 Å². The third-order valence-corrected chi connectivity index (χ3v) is 5.87. The summed E-state index contributed by atoms with van der Waals surface area (Å²) in [4.78, 5) is 26.3. The van der Waals surface area contributed by atoms with Crippen LogP contribution >= 0.6 is 7.82 Å². The van der Waals surface area contributed by atoms with E-state index in [-0.39, 0.29) is 20.4 Å². The van der Waals surface area contributed by atoms with E-state index in [1.54, 1.807) is 6.20 Å². The molecule has 162 valence electrons. The number of fused-ring (bicyclic) bond motifs is 1. The largest absolute Gasteiger partial charge is 0.471 e. The first-order valence-corrected chi connectivity index (χ1v) is 11.4. The number of amides is 1. The number of carbonyl (C=O) groups is 1. The maximum Gasteiger partial charge on any atom is 0.471 e. The van der Waals surface area contributed by atoms with Crippen molar-refractivity contribution in [3.63, 3.8) is 0 Å². The highest BCUT2D eigenvalue weighted by Gasteiger charge is 2.18. The van der Waals surface area contributed by atoms with Crippen molar-refractivity contribution in [2.45, 2.75) is 26.2 Å². The SMILES string of the molecule is COP(=O)(O)OCCCNC(=O)Cc1cnc2c(c1-c1ccccc1)=CC(C)CC=2.[HH]. The van der Waals surface area contributed by atoms with E-state index >= 15 is 0 Å². The molecule has 8 heteroatoms. The van der Waals surface area contributed by atoms with Gasteiger partial charge in [0, 0.05) is 26.5 Å². The molecule has 0 bridgehead atoms. The highest BCUT2D eigenvalue weighted by Crippen LogP contribution is 2.41. The first-order valence-electron chi connectivity index (χ1n) is 9.95. The molecule has 1 heterocycles. The molecule has 1 aliphatic rings. The third-order valence-electron chi connectivity index (χ3n) is 4.90. The maximum absolute atomic E-state index is 12.5. The quantitative estimate of drug-likeness (QED) is 0.467. The Bertz CT molecular complexity index is 1060. The van der Waals surface area contributed by atoms with Gasteiger partial charge in [-0.25, -0.2) is 4.57 Å². The van der Waals surface area contributed by atoms with Crippen molar-refractivity contribution in [3.05, 3.63) is 52.7 Å². The highest BCUT2D eigenvalue weighted by atomic mass is 31.2. The summed E-state index contributed by atoms with van der Waals surface area (Å²) in [7, 11) is -2.87. The molecule has 0 radical (unpaired) electrons. The molecule has 1 aromatic heterocycles. The minimum absolute atomic E-state index is 0. The molecule has 1 aromatic carbocycles. The number of hydrogen-bond acceptors (Lipinski definition) is 5. The van der Waals surface area contributed by atoms with Crippen LogP contribution in [0.25, 0.3) is 23.3 Å². The molecular formula is C22H29N2O5P. The van der Waals surface area contributed by atoms with E-state index in [9.17, 15) is 14.3 Å². The van der Waals surface area contributed by atoms with Crippen LogP contribution in [-0.4, -0.2) is 36.0 Å². The van der Waals surface area contributed by atoms with Gasteiger partial charge in [-0.15, -0.1) is 0 Å². The van der Waals surface area contributed by atoms with Gasteiger partial charge in [-0.3, -0.25) is 18.8 Å². The molecule has 0 saturated heterocycles. The summed E-state index contributed by atoms with van der Waals surface area (Å²) >= 11 is 0. The Balaban J connectivity index is 0.00000341. The fourth-order valence-corrected chi connectivity index (χ4v) is 3.88. The topological polar surface area (TPSA) is 97.8 Å². The zero-order valence-electron chi connectivity index (χ0n) is 17.2. The van der Waals surface area contributed by atoms with E-state index in [2.05, 4.69) is 33.9 Å². The van der Waals surface area contributed by atoms with Gasteiger partial charge >= 0.3 is 7.82 Å². The van der Waals surface area contributed by atoms with E-state index in [4.69, 9.17) is 4.52 Å². The van der Waals surface area contributed by atoms with Gasteiger partial charge in [0.2, 0.25) is 5.91 Å². The van der Waals surface area contributed by atoms with Gasteiger partial charge in [0.05, 0.1) is 18.4 Å². The second-order valence-corrected chi connectivity index (χ2v) is 8.83. The lowest BCUT2D eigenvalue weighted by atomic mass is 9.92. The molecule has 1 aliphatic carbocycles. The Morgan fingerprint density at radius 2 is 2.13 bits per heavy atom. The second-order valence-electron chi connectivity index (χ2n) is 7.27. The monoisotopic (exact) mass is 432 g/mol. The molecule has 2 atom stereocenters. The van der Waals surface area contributed by atoms with Crippen LogP contribution in [-0.2, 0) is 24.8 Å². The lowest BCUT2D eigenvalue weighted by Gasteiger charge is -2.15. The standard InChI is InChI=1S/C22H27N2O5P.H2/c1-16-9-10-20-19(13-16)22(17-7-4-3-5-8-17)18(15-24-20)14-21(25)23-11-6-12-29-30(26,27)28-2;/h3-5,7-8,10,13,15-16H,6,9,11-12,14H2,1-2H3,(H,23,25)(H,26,27);1H. The molecule has 30 heavy (non-hydrogen) atoms. The van der Waals surface area contributed by atoms with Gasteiger partial charge in [0.25, 0.3) is 0 Å². The van der Waals surface area contributed by atoms with Crippen molar-refractivity contribution >= 4 is 25.9 Å². The Kier molecular flexibility index (Phi) is 7.56. The van der Waals surface area contributed by atoms with Crippen molar-refractivity contribution < 1.29 is 24.7 Å². The van der Waals surface area contributed by atoms with Crippen LogP contribution in [0.4, 0.5) is 0 Å². The molecule has 1 amide bonds. The van der Waals surface area contributed by atoms with Crippen LogP contribution in [0.1, 0.15) is 26.8 Å². The van der Waals surface area contributed by atoms with Gasteiger partial charge < -0.3 is 10.2 Å². The molecular weight excluding hydrogens is 403 g/mol. The first kappa shape index (κ1) is 22.4. The van der Waals surface area contributed by atoms with E-state index < -0.39 is 7.82 Å². The number of hydrogen-bond donors (Lipinski definition) is 2. The predicted molar refractivity (Wildman–Crippen MR) is 118 cm³/mol. The van der Waals surface area contributed by atoms with Crippen molar-refractivity contribution in [2.75, 3.05) is 20.3 Å². The van der Waals surface area contributed by atoms with Gasteiger partial charge in [0.1, 0.15) is 0 Å². The number of rotatable bonds is 9. The number of phosphoric acid groups is 1. The normalized spacial score (nSPS) is 17.2. The lowest BCUT2D eigenvalue weighted by molar-refractivity contribution is -0.120. The number of nitrogens with zero attached hydrogens (tertiary/aromatic N) is 1. The summed E-state index contributed by atoms with van der Waals surface area (Å²) in [5.74, 6) is 0.279. The van der Waals surface area contributed by atoms with Crippen LogP contribution in [0.2, 0.25) is 0 Å². The number of carbonyl (C=O) groups excluding carboxylic acids is 1. The maximum atomic E-state index is 12.5. The summed E-state index contributed by atoms with van der Waals surface area (Å²) in [6, 6.07) is 10.0. The Morgan fingerprint density at radius 3 is 2.87 bits per heavy atom. The molecule has 2 unspecified atom stereocenters. The van der Waals surface area contributed by atoms with Gasteiger partial charge in [-0.05, 0) is 35.4 Å². The van der Waals surface area contributed by atoms with Gasteiger partial charge in [-0.1, -0.05) is 49.4 Å². The van der Waals surface area contributed by atoms with E-state index in [1.165, 1.54) is 0 Å². The first-order chi connectivity index (χ1) is 14.4. The third kappa shape index (κ3) is 5.86. The number of aromatic nitrogens is 1. The molecule has 0 aliphatic heterocycles. The lowest BCUT2D eigenvalue weighted by Crippen LogP contribution is -2.35. The summed E-state index contributed by atoms with van der Waals surface area (Å²) < 4.78 is 20.3. The predicted octanol–water partition coefficient (Wildman–Crippen LogP) is 2.41. The van der Waals surface area contributed by atoms with Gasteiger partial charge in [-0.2, -0.15) is 0 Å². The number of nitrogens with one attached hydrogen (secondary N) is 1. The molecule has 0 saturated carbocycles. The minimum Gasteiger partial charge on any atom is -0.356 e. The fraction of sp³-hybridized carbons (Fsp3) is 0.364. The fourth-order valence-electron chi connectivity index (χ4n) is 3.41. The Morgan fingerprint density at radius 1 is 1.37 bits per heavy atom. The molecule has 3 rings (SSSR count). The summed E-state index contributed by atoms with van der Waals surface area (Å²) in [5.41, 5.74) is 2.97. The molecule has 0 fully saturated rings. The average Bonchev–Trinajstić information content (AvgIpc) is 2.73. The van der Waals surface area contributed by atoms with E-state index in [0.717, 1.165) is 40.8 Å². The molecule has 2 N–H and O–H groups in total. The zero-order chi connectivity index (χ0) is 21.6. The Hall–Kier alpha value is -2.31. The molecule has 2 aromatic rings. The molecule has 7 nitrogen and oxygen atoms in total. The van der Waals surface area contributed by atoms with Crippen molar-refractivity contribution in [1.29, 1.82) is 0 Å². The average molecular weight is 432 g/mol. The summed E-state index contributed by atoms with van der Waals surface area (Å²) in [5, 5.41) is 4.86. The number of phosphoric ester groups is 1. The second kappa shape index (κ2) is 10.1. The Labute approximate surface area is 177 Å². The van der Waals surface area contributed by atoms with Crippen molar-refractivity contribution in [3.8, 4) is 11.1 Å². The van der Waals surface area contributed by atoms with Crippen LogP contribution in [0.3, 0.4) is 0 Å². The smallest absolute Gasteiger partial charge is 0.356 e. The van der Waals surface area contributed by atoms with E-state index in [1.807, 2.05) is 30.3 Å². The molecule has 0 spiro atoms. The van der Waals surface area contributed by atoms with Crippen molar-refractivity contribution in [2.24, 2.45) is 5.92 Å². The van der Waals surface area contributed by atoms with Gasteiger partial charge in [0.15, 0.2) is 0 Å². The summed E-state index contributed by atoms with van der Waals surface area (Å²) in [6.45, 7) is 2.52. The highest BCUT2D eigenvalue weighted by molar-refractivity contribution is 7.47. The summed E-state index contributed by atoms with van der Waals surface area (Å²) in [6.07, 6.45) is 7.71. The number of pyridine rings is 1. The minimum atomic E-state index is -3.98. The van der Waals surface area contributed by atoms with Crippen LogP contribution in [0, 0.1) is 5.92 Å². The van der Waals surface area contributed by atoms with Crippen LogP contribution in [0.15, 0.2) is 36.5 Å². The van der Waals surface area contributed by atoms with Crippen LogP contribution < -0.4 is 15.9 Å².